The van der Waals surface area contributed by atoms with Crippen molar-refractivity contribution < 1.29 is 4.79 Å². The van der Waals surface area contributed by atoms with Gasteiger partial charge in [0, 0.05) is 22.5 Å². The molecule has 2 heterocycles. The van der Waals surface area contributed by atoms with Crippen molar-refractivity contribution in [1.29, 1.82) is 0 Å². The third-order valence-corrected chi connectivity index (χ3v) is 5.49. The molecule has 0 saturated carbocycles. The normalized spacial score (nSPS) is 29.6. The molecular weight excluding hydrogens is 302 g/mol. The van der Waals surface area contributed by atoms with Crippen LogP contribution in [0.3, 0.4) is 0 Å². The number of hydrogen-bond acceptors (Lipinski definition) is 1. The van der Waals surface area contributed by atoms with Gasteiger partial charge in [-0.1, -0.05) is 28.1 Å². The summed E-state index contributed by atoms with van der Waals surface area (Å²) < 4.78 is 0. The SMILES string of the molecule is Cc1cccc(C(=O)N2C3CCC2CC(Br)C3)c1C. The lowest BCUT2D eigenvalue weighted by Crippen LogP contribution is -2.47. The van der Waals surface area contributed by atoms with Crippen molar-refractivity contribution >= 4 is 21.8 Å². The molecule has 3 heteroatoms. The van der Waals surface area contributed by atoms with Gasteiger partial charge in [0.15, 0.2) is 0 Å². The minimum absolute atomic E-state index is 0.244. The van der Waals surface area contributed by atoms with E-state index >= 15 is 0 Å². The van der Waals surface area contributed by atoms with Gasteiger partial charge in [-0.05, 0) is 56.7 Å². The molecule has 2 atom stereocenters. The van der Waals surface area contributed by atoms with E-state index in [1.54, 1.807) is 0 Å². The molecule has 2 saturated heterocycles. The van der Waals surface area contributed by atoms with Crippen LogP contribution in [0, 0.1) is 13.8 Å². The van der Waals surface area contributed by atoms with Crippen LogP contribution in [0.25, 0.3) is 0 Å². The first-order chi connectivity index (χ1) is 9.08. The Hall–Kier alpha value is -0.830. The van der Waals surface area contributed by atoms with E-state index in [4.69, 9.17) is 0 Å². The van der Waals surface area contributed by atoms with Crippen LogP contribution in [0.5, 0.6) is 0 Å². The Bertz CT molecular complexity index is 499. The summed E-state index contributed by atoms with van der Waals surface area (Å²) in [6, 6.07) is 6.93. The van der Waals surface area contributed by atoms with E-state index in [9.17, 15) is 4.79 Å². The van der Waals surface area contributed by atoms with Gasteiger partial charge in [-0.25, -0.2) is 0 Å². The van der Waals surface area contributed by atoms with Crippen LogP contribution in [-0.4, -0.2) is 27.7 Å². The Labute approximate surface area is 123 Å². The van der Waals surface area contributed by atoms with Gasteiger partial charge in [0.05, 0.1) is 0 Å². The van der Waals surface area contributed by atoms with Gasteiger partial charge in [-0.15, -0.1) is 0 Å². The van der Waals surface area contributed by atoms with E-state index in [1.807, 2.05) is 12.1 Å². The number of benzene rings is 1. The standard InChI is InChI=1S/C16H20BrNO/c1-10-4-3-5-15(11(10)2)16(19)18-13-6-7-14(18)9-12(17)8-13/h3-5,12-14H,6-9H2,1-2H3. The maximum atomic E-state index is 12.9. The molecule has 3 rings (SSSR count). The van der Waals surface area contributed by atoms with Crippen LogP contribution < -0.4 is 0 Å². The molecule has 2 nitrogen and oxygen atoms in total. The Kier molecular flexibility index (Phi) is 3.42. The zero-order valence-corrected chi connectivity index (χ0v) is 13.1. The summed E-state index contributed by atoms with van der Waals surface area (Å²) in [5.41, 5.74) is 3.23. The summed E-state index contributed by atoms with van der Waals surface area (Å²) in [6.07, 6.45) is 4.55. The molecule has 2 aliphatic rings. The minimum Gasteiger partial charge on any atom is -0.333 e. The van der Waals surface area contributed by atoms with Crippen LogP contribution in [-0.2, 0) is 0 Å². The molecule has 0 aliphatic carbocycles. The van der Waals surface area contributed by atoms with Crippen LogP contribution in [0.1, 0.15) is 47.2 Å². The molecule has 0 radical (unpaired) electrons. The first-order valence-electron chi connectivity index (χ1n) is 7.11. The highest BCUT2D eigenvalue weighted by Gasteiger charge is 2.42. The lowest BCUT2D eigenvalue weighted by Gasteiger charge is -2.37. The number of rotatable bonds is 1. The molecule has 2 unspecified atom stereocenters. The Balaban J connectivity index is 1.91. The van der Waals surface area contributed by atoms with E-state index in [1.165, 1.54) is 18.4 Å². The Morgan fingerprint density at radius 1 is 1.21 bits per heavy atom. The summed E-state index contributed by atoms with van der Waals surface area (Å²) >= 11 is 3.73. The van der Waals surface area contributed by atoms with E-state index in [2.05, 4.69) is 40.7 Å². The number of halogens is 1. The van der Waals surface area contributed by atoms with Crippen LogP contribution in [0.4, 0.5) is 0 Å². The number of piperidine rings is 1. The van der Waals surface area contributed by atoms with Gasteiger partial charge in [-0.3, -0.25) is 4.79 Å². The average Bonchev–Trinajstić information content (AvgIpc) is 2.64. The highest BCUT2D eigenvalue weighted by molar-refractivity contribution is 9.09. The summed E-state index contributed by atoms with van der Waals surface area (Å²) in [6.45, 7) is 4.13. The number of carbonyl (C=O) groups excluding carboxylic acids is 1. The lowest BCUT2D eigenvalue weighted by molar-refractivity contribution is 0.0602. The second kappa shape index (κ2) is 4.93. The highest BCUT2D eigenvalue weighted by Crippen LogP contribution is 2.39. The number of hydrogen-bond donors (Lipinski definition) is 0. The number of amides is 1. The van der Waals surface area contributed by atoms with Gasteiger partial charge in [0.2, 0.25) is 0 Å². The van der Waals surface area contributed by atoms with Crippen LogP contribution >= 0.6 is 15.9 Å². The van der Waals surface area contributed by atoms with E-state index in [0.29, 0.717) is 16.9 Å². The van der Waals surface area contributed by atoms with Crippen molar-refractivity contribution in [3.8, 4) is 0 Å². The number of fused-ring (bicyclic) bond motifs is 2. The van der Waals surface area contributed by atoms with Gasteiger partial charge >= 0.3 is 0 Å². The second-order valence-electron chi connectivity index (χ2n) is 5.91. The Morgan fingerprint density at radius 2 is 1.84 bits per heavy atom. The fourth-order valence-electron chi connectivity index (χ4n) is 3.56. The molecule has 2 aliphatic heterocycles. The summed E-state index contributed by atoms with van der Waals surface area (Å²) in [5, 5.41) is 0. The smallest absolute Gasteiger partial charge is 0.254 e. The predicted molar refractivity (Wildman–Crippen MR) is 80.8 cm³/mol. The van der Waals surface area contributed by atoms with Gasteiger partial charge in [-0.2, -0.15) is 0 Å². The van der Waals surface area contributed by atoms with Crippen LogP contribution in [0.15, 0.2) is 18.2 Å². The third kappa shape index (κ3) is 2.22. The fraction of sp³-hybridized carbons (Fsp3) is 0.562. The van der Waals surface area contributed by atoms with Crippen molar-refractivity contribution in [2.45, 2.75) is 56.4 Å². The molecule has 2 fully saturated rings. The number of alkyl halides is 1. The maximum Gasteiger partial charge on any atom is 0.254 e. The van der Waals surface area contributed by atoms with Crippen molar-refractivity contribution in [2.75, 3.05) is 0 Å². The molecule has 1 aromatic rings. The molecule has 1 aromatic carbocycles. The summed E-state index contributed by atoms with van der Waals surface area (Å²) in [5.74, 6) is 0.244. The zero-order valence-electron chi connectivity index (χ0n) is 11.5. The van der Waals surface area contributed by atoms with Crippen molar-refractivity contribution in [3.05, 3.63) is 34.9 Å². The molecule has 0 aromatic heterocycles. The second-order valence-corrected chi connectivity index (χ2v) is 7.21. The van der Waals surface area contributed by atoms with Crippen molar-refractivity contribution in [1.82, 2.24) is 4.90 Å². The lowest BCUT2D eigenvalue weighted by atomic mass is 9.98. The van der Waals surface area contributed by atoms with Crippen LogP contribution in [0.2, 0.25) is 0 Å². The van der Waals surface area contributed by atoms with Gasteiger partial charge < -0.3 is 4.90 Å². The van der Waals surface area contributed by atoms with Gasteiger partial charge in [0.25, 0.3) is 5.91 Å². The fourth-order valence-corrected chi connectivity index (χ4v) is 4.43. The van der Waals surface area contributed by atoms with E-state index in [-0.39, 0.29) is 5.91 Å². The van der Waals surface area contributed by atoms with Crippen molar-refractivity contribution in [3.63, 3.8) is 0 Å². The number of nitrogens with zero attached hydrogens (tertiary/aromatic N) is 1. The van der Waals surface area contributed by atoms with Crippen molar-refractivity contribution in [2.24, 2.45) is 0 Å². The largest absolute Gasteiger partial charge is 0.333 e. The quantitative estimate of drug-likeness (QED) is 0.720. The predicted octanol–water partition coefficient (Wildman–Crippen LogP) is 3.83. The minimum atomic E-state index is 0.244. The zero-order chi connectivity index (χ0) is 13.6. The summed E-state index contributed by atoms with van der Waals surface area (Å²) in [4.78, 5) is 15.6. The van der Waals surface area contributed by atoms with E-state index < -0.39 is 0 Å². The third-order valence-electron chi connectivity index (χ3n) is 4.75. The number of carbonyl (C=O) groups is 1. The Morgan fingerprint density at radius 3 is 2.47 bits per heavy atom. The summed E-state index contributed by atoms with van der Waals surface area (Å²) in [7, 11) is 0. The highest BCUT2D eigenvalue weighted by atomic mass is 79.9. The topological polar surface area (TPSA) is 20.3 Å². The molecule has 0 N–H and O–H groups in total. The molecule has 102 valence electrons. The number of aryl methyl sites for hydroxylation is 1. The molecular formula is C16H20BrNO. The average molecular weight is 322 g/mol. The molecule has 0 spiro atoms. The molecule has 2 bridgehead atoms. The molecule has 19 heavy (non-hydrogen) atoms. The monoisotopic (exact) mass is 321 g/mol. The maximum absolute atomic E-state index is 12.9. The first-order valence-corrected chi connectivity index (χ1v) is 8.02. The molecule has 1 amide bonds. The van der Waals surface area contributed by atoms with Gasteiger partial charge in [0.1, 0.15) is 0 Å². The first kappa shape index (κ1) is 13.2. The van der Waals surface area contributed by atoms with E-state index in [0.717, 1.165) is 24.0 Å².